The Hall–Kier alpha value is -1.63. The molecule has 0 unspecified atom stereocenters. The minimum Gasteiger partial charge on any atom is -0.497 e. The van der Waals surface area contributed by atoms with Crippen LogP contribution in [0.2, 0.25) is 10.0 Å². The number of sulfonamides is 1. The van der Waals surface area contributed by atoms with Crippen molar-refractivity contribution in [3.63, 3.8) is 0 Å². The summed E-state index contributed by atoms with van der Waals surface area (Å²) in [6.07, 6.45) is 0. The van der Waals surface area contributed by atoms with Gasteiger partial charge in [0, 0.05) is 12.6 Å². The van der Waals surface area contributed by atoms with Crippen molar-refractivity contribution in [3.05, 3.63) is 46.4 Å². The van der Waals surface area contributed by atoms with Gasteiger partial charge >= 0.3 is 0 Å². The fourth-order valence-corrected chi connectivity index (χ4v) is 4.53. The van der Waals surface area contributed by atoms with Crippen molar-refractivity contribution >= 4 is 38.9 Å². The second kappa shape index (κ2) is 7.51. The Labute approximate surface area is 151 Å². The average Bonchev–Trinajstić information content (AvgIpc) is 2.57. The highest BCUT2D eigenvalue weighted by Gasteiger charge is 2.28. The lowest BCUT2D eigenvalue weighted by Crippen LogP contribution is -2.31. The van der Waals surface area contributed by atoms with Gasteiger partial charge in [0.15, 0.2) is 0 Å². The van der Waals surface area contributed by atoms with E-state index >= 15 is 0 Å². The third-order valence-electron chi connectivity index (χ3n) is 3.43. The quantitative estimate of drug-likeness (QED) is 0.741. The number of hydrogen-bond donors (Lipinski definition) is 0. The first kappa shape index (κ1) is 18.7. The van der Waals surface area contributed by atoms with Crippen molar-refractivity contribution in [1.82, 2.24) is 0 Å². The molecule has 0 aliphatic carbocycles. The van der Waals surface area contributed by atoms with Crippen LogP contribution in [0.3, 0.4) is 0 Å². The molecule has 0 N–H and O–H groups in total. The molecule has 0 fully saturated rings. The van der Waals surface area contributed by atoms with Gasteiger partial charge in [-0.2, -0.15) is 0 Å². The summed E-state index contributed by atoms with van der Waals surface area (Å²) in [5.41, 5.74) is 0.472. The second-order valence-corrected chi connectivity index (χ2v) is 7.35. The standard InChI is InChI=1S/C16H17Cl2NO4S/c1-4-19(11-6-5-7-12(10-11)22-2)24(20,21)14-9-8-13(23-3)15(17)16(14)18/h5-10H,4H2,1-3H3. The maximum atomic E-state index is 13.0. The van der Waals surface area contributed by atoms with E-state index in [1.165, 1.54) is 30.7 Å². The Kier molecular flexibility index (Phi) is 5.85. The third-order valence-corrected chi connectivity index (χ3v) is 6.35. The SMILES string of the molecule is CCN(c1cccc(OC)c1)S(=O)(=O)c1ccc(OC)c(Cl)c1Cl. The van der Waals surface area contributed by atoms with Crippen molar-refractivity contribution in [2.24, 2.45) is 0 Å². The smallest absolute Gasteiger partial charge is 0.265 e. The topological polar surface area (TPSA) is 55.8 Å². The van der Waals surface area contributed by atoms with E-state index in [-0.39, 0.29) is 21.5 Å². The molecule has 2 rings (SSSR count). The predicted molar refractivity (Wildman–Crippen MR) is 96.2 cm³/mol. The Bertz CT molecular complexity index is 840. The summed E-state index contributed by atoms with van der Waals surface area (Å²) in [5, 5.41) is -0.0145. The van der Waals surface area contributed by atoms with E-state index in [2.05, 4.69) is 0 Å². The number of rotatable bonds is 6. The maximum Gasteiger partial charge on any atom is 0.265 e. The van der Waals surface area contributed by atoms with Crippen LogP contribution in [0.5, 0.6) is 11.5 Å². The van der Waals surface area contributed by atoms with Gasteiger partial charge in [-0.05, 0) is 31.2 Å². The molecule has 130 valence electrons. The van der Waals surface area contributed by atoms with Gasteiger partial charge in [0.25, 0.3) is 10.0 Å². The van der Waals surface area contributed by atoms with Crippen LogP contribution in [-0.2, 0) is 10.0 Å². The maximum absolute atomic E-state index is 13.0. The molecule has 0 atom stereocenters. The van der Waals surface area contributed by atoms with Gasteiger partial charge in [-0.25, -0.2) is 8.42 Å². The monoisotopic (exact) mass is 389 g/mol. The molecule has 8 heteroatoms. The summed E-state index contributed by atoms with van der Waals surface area (Å²) in [7, 11) is -0.953. The predicted octanol–water partition coefficient (Wildman–Crippen LogP) is 4.23. The second-order valence-electron chi connectivity index (χ2n) is 4.77. The van der Waals surface area contributed by atoms with Crippen LogP contribution in [0, 0.1) is 0 Å². The minimum atomic E-state index is -3.90. The zero-order chi connectivity index (χ0) is 17.9. The molecule has 0 saturated heterocycles. The van der Waals surface area contributed by atoms with E-state index in [9.17, 15) is 8.42 Å². The van der Waals surface area contributed by atoms with Crippen molar-refractivity contribution in [1.29, 1.82) is 0 Å². The molecule has 0 amide bonds. The lowest BCUT2D eigenvalue weighted by Gasteiger charge is -2.24. The Morgan fingerprint density at radius 3 is 2.33 bits per heavy atom. The number of anilines is 1. The molecule has 0 heterocycles. The number of benzene rings is 2. The van der Waals surface area contributed by atoms with Crippen molar-refractivity contribution in [2.45, 2.75) is 11.8 Å². The zero-order valence-electron chi connectivity index (χ0n) is 13.4. The molecule has 0 radical (unpaired) electrons. The molecule has 2 aromatic carbocycles. The molecule has 0 aliphatic heterocycles. The van der Waals surface area contributed by atoms with Crippen LogP contribution in [0.1, 0.15) is 6.92 Å². The first-order valence-electron chi connectivity index (χ1n) is 7.05. The minimum absolute atomic E-state index is 0.0573. The van der Waals surface area contributed by atoms with Gasteiger partial charge in [-0.15, -0.1) is 0 Å². The Morgan fingerprint density at radius 1 is 1.04 bits per heavy atom. The van der Waals surface area contributed by atoms with Crippen molar-refractivity contribution in [2.75, 3.05) is 25.1 Å². The van der Waals surface area contributed by atoms with E-state index in [0.717, 1.165) is 0 Å². The zero-order valence-corrected chi connectivity index (χ0v) is 15.7. The molecule has 5 nitrogen and oxygen atoms in total. The van der Waals surface area contributed by atoms with Crippen LogP contribution < -0.4 is 13.8 Å². The van der Waals surface area contributed by atoms with Crippen LogP contribution >= 0.6 is 23.2 Å². The number of hydrogen-bond acceptors (Lipinski definition) is 4. The summed E-state index contributed by atoms with van der Waals surface area (Å²) in [5.74, 6) is 0.866. The summed E-state index contributed by atoms with van der Waals surface area (Å²) in [6, 6.07) is 9.63. The van der Waals surface area contributed by atoms with E-state index in [1.54, 1.807) is 31.2 Å². The lowest BCUT2D eigenvalue weighted by atomic mass is 10.3. The molecule has 2 aromatic rings. The molecule has 0 spiro atoms. The van der Waals surface area contributed by atoms with E-state index in [4.69, 9.17) is 32.7 Å². The summed E-state index contributed by atoms with van der Waals surface area (Å²) in [6.45, 7) is 1.95. The Morgan fingerprint density at radius 2 is 1.75 bits per heavy atom. The largest absolute Gasteiger partial charge is 0.497 e. The normalized spacial score (nSPS) is 11.2. The van der Waals surface area contributed by atoms with Gasteiger partial charge in [0.1, 0.15) is 21.4 Å². The molecular formula is C16H17Cl2NO4S. The molecule has 0 aromatic heterocycles. The average molecular weight is 390 g/mol. The summed E-state index contributed by atoms with van der Waals surface area (Å²) >= 11 is 12.3. The van der Waals surface area contributed by atoms with E-state index in [0.29, 0.717) is 17.2 Å². The van der Waals surface area contributed by atoms with Gasteiger partial charge in [-0.3, -0.25) is 4.31 Å². The molecular weight excluding hydrogens is 373 g/mol. The van der Waals surface area contributed by atoms with Gasteiger partial charge in [0.2, 0.25) is 0 Å². The Balaban J connectivity index is 2.57. The number of halogens is 2. The van der Waals surface area contributed by atoms with Crippen molar-refractivity contribution < 1.29 is 17.9 Å². The highest BCUT2D eigenvalue weighted by Crippen LogP contribution is 2.38. The van der Waals surface area contributed by atoms with Crippen LogP contribution in [-0.4, -0.2) is 29.2 Å². The molecule has 0 aliphatic rings. The van der Waals surface area contributed by atoms with Crippen LogP contribution in [0.15, 0.2) is 41.3 Å². The molecule has 0 saturated carbocycles. The molecule has 0 bridgehead atoms. The highest BCUT2D eigenvalue weighted by molar-refractivity contribution is 7.93. The van der Waals surface area contributed by atoms with Gasteiger partial charge in [-0.1, -0.05) is 29.3 Å². The van der Waals surface area contributed by atoms with Crippen LogP contribution in [0.4, 0.5) is 5.69 Å². The summed E-state index contributed by atoms with van der Waals surface area (Å²) in [4.78, 5) is -0.0837. The first-order valence-corrected chi connectivity index (χ1v) is 9.25. The summed E-state index contributed by atoms with van der Waals surface area (Å²) < 4.78 is 37.5. The van der Waals surface area contributed by atoms with Crippen LogP contribution in [0.25, 0.3) is 0 Å². The number of methoxy groups -OCH3 is 2. The fourth-order valence-electron chi connectivity index (χ4n) is 2.25. The number of ether oxygens (including phenoxy) is 2. The van der Waals surface area contributed by atoms with Crippen molar-refractivity contribution in [3.8, 4) is 11.5 Å². The number of nitrogens with zero attached hydrogens (tertiary/aromatic N) is 1. The fraction of sp³-hybridized carbons (Fsp3) is 0.250. The highest BCUT2D eigenvalue weighted by atomic mass is 35.5. The van der Waals surface area contributed by atoms with Gasteiger partial charge in [0.05, 0.1) is 24.9 Å². The van der Waals surface area contributed by atoms with E-state index < -0.39 is 10.0 Å². The van der Waals surface area contributed by atoms with E-state index in [1.807, 2.05) is 0 Å². The lowest BCUT2D eigenvalue weighted by molar-refractivity contribution is 0.414. The van der Waals surface area contributed by atoms with Gasteiger partial charge < -0.3 is 9.47 Å². The third kappa shape index (κ3) is 3.41. The first-order chi connectivity index (χ1) is 11.4. The molecule has 24 heavy (non-hydrogen) atoms.